The lowest BCUT2D eigenvalue weighted by Gasteiger charge is -2.23. The van der Waals surface area contributed by atoms with Crippen LogP contribution in [0.3, 0.4) is 0 Å². The fourth-order valence-electron chi connectivity index (χ4n) is 2.70. The number of benzene rings is 1. The van der Waals surface area contributed by atoms with Gasteiger partial charge >= 0.3 is 6.03 Å². The van der Waals surface area contributed by atoms with E-state index in [1.54, 1.807) is 13.0 Å². The second-order valence-electron chi connectivity index (χ2n) is 6.65. The average Bonchev–Trinajstić information content (AvgIpc) is 3.07. The number of nitrogens with one attached hydrogen (secondary N) is 2. The van der Waals surface area contributed by atoms with Gasteiger partial charge in [0.2, 0.25) is 0 Å². The molecule has 6 nitrogen and oxygen atoms in total. The van der Waals surface area contributed by atoms with Gasteiger partial charge in [-0.15, -0.1) is 0 Å². The van der Waals surface area contributed by atoms with Gasteiger partial charge in [0.15, 0.2) is 0 Å². The van der Waals surface area contributed by atoms with E-state index in [9.17, 15) is 14.7 Å². The Kier molecular flexibility index (Phi) is 5.83. The van der Waals surface area contributed by atoms with E-state index in [1.165, 1.54) is 0 Å². The van der Waals surface area contributed by atoms with Crippen LogP contribution in [0.4, 0.5) is 10.5 Å². The number of likely N-dealkylation sites (tertiary alicyclic amines) is 1. The third kappa shape index (κ3) is 4.47. The summed E-state index contributed by atoms with van der Waals surface area (Å²) in [6.07, 6.45) is 2.58. The van der Waals surface area contributed by atoms with Crippen LogP contribution in [-0.4, -0.2) is 47.2 Å². The molecule has 1 aliphatic heterocycles. The lowest BCUT2D eigenvalue weighted by molar-refractivity contribution is 0.0587. The molecule has 132 valence electrons. The Morgan fingerprint density at radius 2 is 1.96 bits per heavy atom. The molecule has 0 bridgehead atoms. The van der Waals surface area contributed by atoms with Gasteiger partial charge in [0, 0.05) is 19.6 Å². The highest BCUT2D eigenvalue weighted by Crippen LogP contribution is 2.23. The maximum Gasteiger partial charge on any atom is 0.319 e. The van der Waals surface area contributed by atoms with E-state index in [4.69, 9.17) is 0 Å². The predicted octanol–water partition coefficient (Wildman–Crippen LogP) is 2.51. The first-order valence-corrected chi connectivity index (χ1v) is 8.50. The number of carbonyl (C=O) groups excluding carboxylic acids is 2. The molecule has 1 atom stereocenters. The van der Waals surface area contributed by atoms with Crippen molar-refractivity contribution in [1.82, 2.24) is 10.2 Å². The van der Waals surface area contributed by atoms with Crippen LogP contribution in [-0.2, 0) is 0 Å². The van der Waals surface area contributed by atoms with Gasteiger partial charge in [0.25, 0.3) is 5.91 Å². The van der Waals surface area contributed by atoms with E-state index < -0.39 is 11.6 Å². The van der Waals surface area contributed by atoms with Gasteiger partial charge in [-0.25, -0.2) is 4.79 Å². The largest absolute Gasteiger partial charge is 0.388 e. The molecule has 0 aromatic heterocycles. The molecule has 0 spiro atoms. The second kappa shape index (κ2) is 7.66. The molecule has 24 heavy (non-hydrogen) atoms. The number of hydrogen-bond acceptors (Lipinski definition) is 3. The number of nitrogens with zero attached hydrogens (tertiary/aromatic N) is 1. The number of hydrogen-bond donors (Lipinski definition) is 3. The smallest absolute Gasteiger partial charge is 0.319 e. The predicted molar refractivity (Wildman–Crippen MR) is 94.3 cm³/mol. The minimum Gasteiger partial charge on any atom is -0.388 e. The van der Waals surface area contributed by atoms with Crippen molar-refractivity contribution >= 4 is 17.6 Å². The van der Waals surface area contributed by atoms with Crippen LogP contribution in [0.25, 0.3) is 0 Å². The molecule has 1 aliphatic rings. The molecular formula is C18H27N3O3. The Morgan fingerprint density at radius 1 is 1.29 bits per heavy atom. The zero-order chi connectivity index (χ0) is 17.7. The van der Waals surface area contributed by atoms with Crippen molar-refractivity contribution in [2.24, 2.45) is 0 Å². The highest BCUT2D eigenvalue weighted by molar-refractivity contribution is 6.04. The van der Waals surface area contributed by atoms with Crippen LogP contribution in [0.2, 0.25) is 0 Å². The van der Waals surface area contributed by atoms with Gasteiger partial charge < -0.3 is 20.6 Å². The number of rotatable bonds is 5. The molecule has 0 aliphatic carbocycles. The number of urea groups is 1. The van der Waals surface area contributed by atoms with Crippen LogP contribution >= 0.6 is 0 Å². The SMILES string of the molecule is CC[C@@](C)(O)CNC(=O)Nc1cccc(C)c1C(=O)N1CCCC1. The first kappa shape index (κ1) is 18.3. The van der Waals surface area contributed by atoms with Crippen molar-refractivity contribution in [3.63, 3.8) is 0 Å². The molecule has 1 aromatic rings. The van der Waals surface area contributed by atoms with Crippen molar-refractivity contribution in [3.05, 3.63) is 29.3 Å². The highest BCUT2D eigenvalue weighted by atomic mass is 16.3. The molecule has 0 saturated carbocycles. The van der Waals surface area contributed by atoms with Gasteiger partial charge in [-0.1, -0.05) is 19.1 Å². The van der Waals surface area contributed by atoms with Crippen LogP contribution in [0.15, 0.2) is 18.2 Å². The summed E-state index contributed by atoms with van der Waals surface area (Å²) in [7, 11) is 0. The van der Waals surface area contributed by atoms with Crippen LogP contribution in [0.5, 0.6) is 0 Å². The third-order valence-electron chi connectivity index (χ3n) is 4.52. The van der Waals surface area contributed by atoms with Crippen LogP contribution < -0.4 is 10.6 Å². The summed E-state index contributed by atoms with van der Waals surface area (Å²) in [5.41, 5.74) is 0.931. The summed E-state index contributed by atoms with van der Waals surface area (Å²) >= 11 is 0. The summed E-state index contributed by atoms with van der Waals surface area (Å²) in [5, 5.41) is 15.4. The van der Waals surface area contributed by atoms with E-state index in [0.29, 0.717) is 17.7 Å². The quantitative estimate of drug-likeness (QED) is 0.774. The third-order valence-corrected chi connectivity index (χ3v) is 4.52. The minimum atomic E-state index is -0.946. The normalized spacial score (nSPS) is 16.6. The maximum absolute atomic E-state index is 12.7. The Balaban J connectivity index is 2.11. The molecule has 0 radical (unpaired) electrons. The van der Waals surface area contributed by atoms with Crippen LogP contribution in [0, 0.1) is 6.92 Å². The van der Waals surface area contributed by atoms with E-state index >= 15 is 0 Å². The summed E-state index contributed by atoms with van der Waals surface area (Å²) in [5.74, 6) is -0.0403. The van der Waals surface area contributed by atoms with E-state index in [2.05, 4.69) is 10.6 Å². The standard InChI is InChI=1S/C18H27N3O3/c1-4-18(3,24)12-19-17(23)20-14-9-7-8-13(2)15(14)16(22)21-10-5-6-11-21/h7-9,24H,4-6,10-12H2,1-3H3,(H2,19,20,23)/t18-/m1/s1. The molecule has 1 fully saturated rings. The fourth-order valence-corrected chi connectivity index (χ4v) is 2.70. The minimum absolute atomic E-state index is 0.0403. The van der Waals surface area contributed by atoms with Crippen molar-refractivity contribution < 1.29 is 14.7 Å². The Labute approximate surface area is 143 Å². The Hall–Kier alpha value is -2.08. The van der Waals surface area contributed by atoms with Gasteiger partial charge in [-0.05, 0) is 44.7 Å². The monoisotopic (exact) mass is 333 g/mol. The summed E-state index contributed by atoms with van der Waals surface area (Å²) in [6.45, 7) is 7.07. The topological polar surface area (TPSA) is 81.7 Å². The number of amides is 3. The van der Waals surface area contributed by atoms with E-state index in [-0.39, 0.29) is 12.5 Å². The summed E-state index contributed by atoms with van der Waals surface area (Å²) in [4.78, 5) is 26.7. The van der Waals surface area contributed by atoms with Crippen molar-refractivity contribution in [3.8, 4) is 0 Å². The first-order valence-electron chi connectivity index (χ1n) is 8.50. The van der Waals surface area contributed by atoms with Crippen LogP contribution in [0.1, 0.15) is 49.0 Å². The van der Waals surface area contributed by atoms with Crippen molar-refractivity contribution in [1.29, 1.82) is 0 Å². The summed E-state index contributed by atoms with van der Waals surface area (Å²) < 4.78 is 0. The molecular weight excluding hydrogens is 306 g/mol. The zero-order valence-corrected chi connectivity index (χ0v) is 14.7. The molecule has 3 amide bonds. The fraction of sp³-hybridized carbons (Fsp3) is 0.556. The van der Waals surface area contributed by atoms with Crippen molar-refractivity contribution in [2.75, 3.05) is 25.0 Å². The molecule has 0 unspecified atom stereocenters. The van der Waals surface area contributed by atoms with E-state index in [1.807, 2.05) is 30.9 Å². The molecule has 6 heteroatoms. The molecule has 2 rings (SSSR count). The van der Waals surface area contributed by atoms with Gasteiger partial charge in [-0.2, -0.15) is 0 Å². The summed E-state index contributed by atoms with van der Waals surface area (Å²) in [6, 6.07) is 4.99. The molecule has 1 aromatic carbocycles. The van der Waals surface area contributed by atoms with Gasteiger partial charge in [0.05, 0.1) is 16.9 Å². The Morgan fingerprint density at radius 3 is 2.58 bits per heavy atom. The Bertz CT molecular complexity index is 608. The highest BCUT2D eigenvalue weighted by Gasteiger charge is 2.24. The molecule has 1 saturated heterocycles. The number of anilines is 1. The second-order valence-corrected chi connectivity index (χ2v) is 6.65. The number of aryl methyl sites for hydroxylation is 1. The first-order chi connectivity index (χ1) is 11.3. The lowest BCUT2D eigenvalue weighted by atomic mass is 10.0. The lowest BCUT2D eigenvalue weighted by Crippen LogP contribution is -2.42. The number of aliphatic hydroxyl groups is 1. The average molecular weight is 333 g/mol. The van der Waals surface area contributed by atoms with Gasteiger partial charge in [0.1, 0.15) is 0 Å². The molecule has 1 heterocycles. The maximum atomic E-state index is 12.7. The molecule has 3 N–H and O–H groups in total. The van der Waals surface area contributed by atoms with E-state index in [0.717, 1.165) is 31.5 Å². The van der Waals surface area contributed by atoms with Crippen molar-refractivity contribution in [2.45, 2.75) is 45.6 Å². The zero-order valence-electron chi connectivity index (χ0n) is 14.7. The van der Waals surface area contributed by atoms with Gasteiger partial charge in [-0.3, -0.25) is 4.79 Å². The number of carbonyl (C=O) groups is 2.